The summed E-state index contributed by atoms with van der Waals surface area (Å²) in [6, 6.07) is 0. The van der Waals surface area contributed by atoms with E-state index in [2.05, 4.69) is 27.7 Å². The molecule has 1 saturated carbocycles. The van der Waals surface area contributed by atoms with Gasteiger partial charge in [0.05, 0.1) is 7.11 Å². The van der Waals surface area contributed by atoms with Crippen LogP contribution < -0.4 is 0 Å². The van der Waals surface area contributed by atoms with E-state index in [-0.39, 0.29) is 17.5 Å². The van der Waals surface area contributed by atoms with Crippen molar-refractivity contribution in [3.63, 3.8) is 0 Å². The number of hydrogen-bond acceptors (Lipinski definition) is 3. The molecular formula is C15H26O3. The number of carbonyl (C=O) groups is 1. The molecule has 18 heavy (non-hydrogen) atoms. The third-order valence-electron chi connectivity index (χ3n) is 4.93. The maximum atomic E-state index is 12.1. The monoisotopic (exact) mass is 254 g/mol. The summed E-state index contributed by atoms with van der Waals surface area (Å²) in [7, 11) is 1.46. The molecule has 2 rings (SSSR count). The van der Waals surface area contributed by atoms with E-state index >= 15 is 0 Å². The average molecular weight is 254 g/mol. The Morgan fingerprint density at radius 3 is 2.39 bits per heavy atom. The van der Waals surface area contributed by atoms with Gasteiger partial charge < -0.3 is 9.47 Å². The van der Waals surface area contributed by atoms with Crippen molar-refractivity contribution in [1.82, 2.24) is 0 Å². The topological polar surface area (TPSA) is 38.8 Å². The largest absolute Gasteiger partial charge is 0.467 e. The number of methoxy groups -OCH3 is 1. The molecule has 2 unspecified atom stereocenters. The molecule has 0 aromatic heterocycles. The molecule has 104 valence electrons. The normalized spacial score (nSPS) is 38.6. The lowest BCUT2D eigenvalue weighted by molar-refractivity contribution is -0.148. The van der Waals surface area contributed by atoms with Crippen LogP contribution in [0.5, 0.6) is 0 Å². The van der Waals surface area contributed by atoms with Crippen LogP contribution in [-0.2, 0) is 14.3 Å². The number of rotatable bonds is 2. The lowest BCUT2D eigenvalue weighted by Gasteiger charge is -2.22. The summed E-state index contributed by atoms with van der Waals surface area (Å²) in [4.78, 5) is 12.1. The predicted molar refractivity (Wildman–Crippen MR) is 70.3 cm³/mol. The highest BCUT2D eigenvalue weighted by atomic mass is 16.7. The van der Waals surface area contributed by atoms with E-state index in [0.29, 0.717) is 5.41 Å². The van der Waals surface area contributed by atoms with Crippen LogP contribution in [0.2, 0.25) is 0 Å². The van der Waals surface area contributed by atoms with Crippen LogP contribution in [0.25, 0.3) is 0 Å². The minimum atomic E-state index is -0.678. The lowest BCUT2D eigenvalue weighted by Crippen LogP contribution is -2.40. The van der Waals surface area contributed by atoms with Gasteiger partial charge in [-0.15, -0.1) is 0 Å². The van der Waals surface area contributed by atoms with Gasteiger partial charge in [-0.25, -0.2) is 4.79 Å². The van der Waals surface area contributed by atoms with Crippen LogP contribution in [0.1, 0.15) is 59.8 Å². The molecule has 2 fully saturated rings. The van der Waals surface area contributed by atoms with E-state index < -0.39 is 5.60 Å². The summed E-state index contributed by atoms with van der Waals surface area (Å²) >= 11 is 0. The van der Waals surface area contributed by atoms with Crippen LogP contribution in [-0.4, -0.2) is 24.3 Å². The summed E-state index contributed by atoms with van der Waals surface area (Å²) in [5, 5.41) is 0. The molecular weight excluding hydrogens is 228 g/mol. The highest BCUT2D eigenvalue weighted by molar-refractivity contribution is 5.85. The first-order valence-electron chi connectivity index (χ1n) is 7.08. The third kappa shape index (κ3) is 1.87. The van der Waals surface area contributed by atoms with E-state index in [0.717, 1.165) is 25.7 Å². The molecule has 0 amide bonds. The fourth-order valence-corrected chi connectivity index (χ4v) is 3.66. The van der Waals surface area contributed by atoms with Gasteiger partial charge in [0.2, 0.25) is 0 Å². The van der Waals surface area contributed by atoms with Crippen molar-refractivity contribution in [2.75, 3.05) is 7.11 Å². The first-order chi connectivity index (χ1) is 8.30. The van der Waals surface area contributed by atoms with Crippen molar-refractivity contribution in [3.05, 3.63) is 0 Å². The molecule has 0 radical (unpaired) electrons. The fraction of sp³-hybridized carbons (Fsp3) is 0.933. The SMILES string of the molecule is COC(=O)C1(C(C)C)OC12CCCC(C)(C)CC2. The van der Waals surface area contributed by atoms with Crippen LogP contribution >= 0.6 is 0 Å². The van der Waals surface area contributed by atoms with Gasteiger partial charge in [-0.05, 0) is 43.4 Å². The van der Waals surface area contributed by atoms with E-state index in [4.69, 9.17) is 9.47 Å². The number of esters is 1. The molecule has 0 aromatic rings. The maximum Gasteiger partial charge on any atom is 0.341 e. The Balaban J connectivity index is 2.21. The Hall–Kier alpha value is -0.570. The molecule has 1 heterocycles. The summed E-state index contributed by atoms with van der Waals surface area (Å²) in [6.45, 7) is 8.73. The van der Waals surface area contributed by atoms with Crippen LogP contribution in [0.15, 0.2) is 0 Å². The molecule has 0 aromatic carbocycles. The Morgan fingerprint density at radius 1 is 1.17 bits per heavy atom. The van der Waals surface area contributed by atoms with Gasteiger partial charge in [0, 0.05) is 0 Å². The maximum absolute atomic E-state index is 12.1. The highest BCUT2D eigenvalue weighted by Gasteiger charge is 2.76. The molecule has 1 spiro atoms. The third-order valence-corrected chi connectivity index (χ3v) is 4.93. The summed E-state index contributed by atoms with van der Waals surface area (Å²) in [5.74, 6) is -0.0108. The van der Waals surface area contributed by atoms with Gasteiger partial charge in [0.15, 0.2) is 5.60 Å². The first-order valence-corrected chi connectivity index (χ1v) is 7.08. The first kappa shape index (κ1) is 13.9. The van der Waals surface area contributed by atoms with E-state index in [1.54, 1.807) is 0 Å². The van der Waals surface area contributed by atoms with Gasteiger partial charge in [-0.2, -0.15) is 0 Å². The Bertz CT molecular complexity index is 348. The second kappa shape index (κ2) is 4.22. The number of epoxide rings is 1. The number of ether oxygens (including phenoxy) is 2. The molecule has 0 N–H and O–H groups in total. The van der Waals surface area contributed by atoms with Gasteiger partial charge in [-0.3, -0.25) is 0 Å². The second-order valence-electron chi connectivity index (χ2n) is 7.00. The highest BCUT2D eigenvalue weighted by Crippen LogP contribution is 2.61. The van der Waals surface area contributed by atoms with Crippen molar-refractivity contribution < 1.29 is 14.3 Å². The van der Waals surface area contributed by atoms with Gasteiger partial charge in [0.1, 0.15) is 5.60 Å². The quantitative estimate of drug-likeness (QED) is 0.560. The number of hydrogen-bond donors (Lipinski definition) is 0. The smallest absolute Gasteiger partial charge is 0.341 e. The van der Waals surface area contributed by atoms with Crippen molar-refractivity contribution in [2.24, 2.45) is 11.3 Å². The van der Waals surface area contributed by atoms with Crippen molar-refractivity contribution in [3.8, 4) is 0 Å². The van der Waals surface area contributed by atoms with Crippen molar-refractivity contribution in [2.45, 2.75) is 71.0 Å². The second-order valence-corrected chi connectivity index (χ2v) is 7.00. The summed E-state index contributed by atoms with van der Waals surface area (Å²) in [5.41, 5.74) is -0.557. The fourth-order valence-electron chi connectivity index (χ4n) is 3.66. The molecule has 2 aliphatic rings. The van der Waals surface area contributed by atoms with Crippen molar-refractivity contribution in [1.29, 1.82) is 0 Å². The molecule has 1 aliphatic carbocycles. The molecule has 3 nitrogen and oxygen atoms in total. The average Bonchev–Trinajstić information content (AvgIpc) is 2.99. The van der Waals surface area contributed by atoms with Crippen LogP contribution in [0.4, 0.5) is 0 Å². The predicted octanol–water partition coefficient (Wildman–Crippen LogP) is 3.31. The minimum Gasteiger partial charge on any atom is -0.467 e. The molecule has 1 aliphatic heterocycles. The van der Waals surface area contributed by atoms with Gasteiger partial charge in [-0.1, -0.05) is 27.7 Å². The Morgan fingerprint density at radius 2 is 1.83 bits per heavy atom. The Kier molecular flexibility index (Phi) is 3.25. The minimum absolute atomic E-state index is 0.172. The van der Waals surface area contributed by atoms with Gasteiger partial charge in [0.25, 0.3) is 0 Å². The van der Waals surface area contributed by atoms with Crippen molar-refractivity contribution >= 4 is 5.97 Å². The molecule has 2 atom stereocenters. The summed E-state index contributed by atoms with van der Waals surface area (Å²) in [6.07, 6.45) is 5.45. The van der Waals surface area contributed by atoms with E-state index in [1.807, 2.05) is 0 Å². The number of carbonyl (C=O) groups excluding carboxylic acids is 1. The molecule has 0 bridgehead atoms. The van der Waals surface area contributed by atoms with Gasteiger partial charge >= 0.3 is 5.97 Å². The summed E-state index contributed by atoms with van der Waals surface area (Å²) < 4.78 is 11.0. The molecule has 1 saturated heterocycles. The zero-order chi connectivity index (χ0) is 13.6. The lowest BCUT2D eigenvalue weighted by atomic mass is 9.78. The van der Waals surface area contributed by atoms with Crippen LogP contribution in [0.3, 0.4) is 0 Å². The van der Waals surface area contributed by atoms with E-state index in [9.17, 15) is 4.79 Å². The Labute approximate surface area is 110 Å². The standard InChI is InChI=1S/C15H26O3/c1-11(2)15(12(16)17-5)14(18-15)8-6-7-13(3,4)9-10-14/h11H,6-10H2,1-5H3. The zero-order valence-corrected chi connectivity index (χ0v) is 12.3. The zero-order valence-electron chi connectivity index (χ0n) is 12.3. The van der Waals surface area contributed by atoms with E-state index in [1.165, 1.54) is 13.5 Å². The van der Waals surface area contributed by atoms with Crippen LogP contribution in [0, 0.1) is 11.3 Å². The molecule has 3 heteroatoms.